The van der Waals surface area contributed by atoms with Crippen molar-refractivity contribution in [3.63, 3.8) is 0 Å². The molecular formula is C21H22N2O4. The van der Waals surface area contributed by atoms with E-state index in [4.69, 9.17) is 14.9 Å². The minimum Gasteiger partial charge on any atom is -0.497 e. The minimum absolute atomic E-state index is 0.0563. The average Bonchev–Trinajstić information content (AvgIpc) is 3.11. The van der Waals surface area contributed by atoms with Crippen LogP contribution in [0.15, 0.2) is 52.9 Å². The smallest absolute Gasteiger partial charge is 0.264 e. The standard InChI is InChI=1S/C21H22N2O4/c1-26-16-10-11-18-17(13-16)23-21(27-18)20(25)15(9-12-19(22)24)8-7-14-5-3-2-4-6-14/h2-6,10-11,13,15H,7-9,12H2,1H3,(H2,22,24). The number of nitrogens with zero attached hydrogens (tertiary/aromatic N) is 1. The summed E-state index contributed by atoms with van der Waals surface area (Å²) >= 11 is 0. The zero-order valence-corrected chi connectivity index (χ0v) is 15.2. The van der Waals surface area contributed by atoms with Gasteiger partial charge in [-0.3, -0.25) is 9.59 Å². The lowest BCUT2D eigenvalue weighted by Gasteiger charge is -2.13. The molecule has 1 heterocycles. The Kier molecular flexibility index (Phi) is 5.86. The monoisotopic (exact) mass is 366 g/mol. The predicted octanol–water partition coefficient (Wildman–Crippen LogP) is 3.53. The van der Waals surface area contributed by atoms with Crippen LogP contribution in [0, 0.1) is 5.92 Å². The molecule has 6 nitrogen and oxygen atoms in total. The van der Waals surface area contributed by atoms with E-state index >= 15 is 0 Å². The highest BCUT2D eigenvalue weighted by Gasteiger charge is 2.25. The molecule has 1 unspecified atom stereocenters. The highest BCUT2D eigenvalue weighted by molar-refractivity contribution is 5.96. The summed E-state index contributed by atoms with van der Waals surface area (Å²) in [5, 5.41) is 0. The molecule has 27 heavy (non-hydrogen) atoms. The molecular weight excluding hydrogens is 344 g/mol. The number of ether oxygens (including phenoxy) is 1. The molecule has 0 aliphatic carbocycles. The van der Waals surface area contributed by atoms with Crippen LogP contribution in [-0.4, -0.2) is 23.8 Å². The Morgan fingerprint density at radius 1 is 1.15 bits per heavy atom. The molecule has 1 aromatic heterocycles. The number of carbonyl (C=O) groups excluding carboxylic acids is 2. The van der Waals surface area contributed by atoms with Gasteiger partial charge in [0, 0.05) is 18.4 Å². The van der Waals surface area contributed by atoms with Gasteiger partial charge >= 0.3 is 0 Å². The lowest BCUT2D eigenvalue weighted by Crippen LogP contribution is -2.20. The second-order valence-electron chi connectivity index (χ2n) is 6.44. The van der Waals surface area contributed by atoms with E-state index in [0.717, 1.165) is 12.0 Å². The molecule has 2 aromatic carbocycles. The molecule has 0 aliphatic rings. The highest BCUT2D eigenvalue weighted by Crippen LogP contribution is 2.25. The number of nitrogens with two attached hydrogens (primary N) is 1. The molecule has 0 saturated carbocycles. The SMILES string of the molecule is COc1ccc2oc(C(=O)C(CCC(N)=O)CCc3ccccc3)nc2c1. The zero-order valence-electron chi connectivity index (χ0n) is 15.2. The van der Waals surface area contributed by atoms with Crippen LogP contribution in [0.2, 0.25) is 0 Å². The Labute approximate surface area is 157 Å². The number of Topliss-reactive ketones (excluding diaryl/α,β-unsaturated/α-hetero) is 1. The summed E-state index contributed by atoms with van der Waals surface area (Å²) in [4.78, 5) is 28.5. The van der Waals surface area contributed by atoms with Gasteiger partial charge in [-0.2, -0.15) is 0 Å². The summed E-state index contributed by atoms with van der Waals surface area (Å²) in [5.41, 5.74) is 7.50. The van der Waals surface area contributed by atoms with E-state index in [9.17, 15) is 9.59 Å². The summed E-state index contributed by atoms with van der Waals surface area (Å²) in [6.07, 6.45) is 1.85. The first-order valence-corrected chi connectivity index (χ1v) is 8.88. The Morgan fingerprint density at radius 3 is 2.63 bits per heavy atom. The van der Waals surface area contributed by atoms with Gasteiger partial charge in [-0.25, -0.2) is 4.98 Å². The van der Waals surface area contributed by atoms with Gasteiger partial charge in [-0.15, -0.1) is 0 Å². The molecule has 140 valence electrons. The van der Waals surface area contributed by atoms with Crippen LogP contribution in [0.1, 0.15) is 35.5 Å². The minimum atomic E-state index is -0.421. The van der Waals surface area contributed by atoms with Gasteiger partial charge < -0.3 is 14.9 Å². The van der Waals surface area contributed by atoms with Crippen molar-refractivity contribution in [2.45, 2.75) is 25.7 Å². The van der Waals surface area contributed by atoms with E-state index in [-0.39, 0.29) is 24.0 Å². The van der Waals surface area contributed by atoms with Crippen LogP contribution < -0.4 is 10.5 Å². The van der Waals surface area contributed by atoms with Crippen molar-refractivity contribution in [2.24, 2.45) is 11.7 Å². The number of hydrogen-bond donors (Lipinski definition) is 1. The molecule has 0 radical (unpaired) electrons. The van der Waals surface area contributed by atoms with E-state index < -0.39 is 5.91 Å². The third-order valence-electron chi connectivity index (χ3n) is 4.54. The number of ketones is 1. The Bertz CT molecular complexity index is 934. The first-order chi connectivity index (χ1) is 13.1. The van der Waals surface area contributed by atoms with Crippen molar-refractivity contribution in [1.29, 1.82) is 0 Å². The summed E-state index contributed by atoms with van der Waals surface area (Å²) < 4.78 is 10.8. The van der Waals surface area contributed by atoms with E-state index in [1.54, 1.807) is 25.3 Å². The fourth-order valence-corrected chi connectivity index (χ4v) is 3.02. The van der Waals surface area contributed by atoms with E-state index in [1.165, 1.54) is 0 Å². The molecule has 0 bridgehead atoms. The number of aryl methyl sites for hydroxylation is 1. The number of oxazole rings is 1. The van der Waals surface area contributed by atoms with Crippen molar-refractivity contribution < 1.29 is 18.7 Å². The Hall–Kier alpha value is -3.15. The summed E-state index contributed by atoms with van der Waals surface area (Å²) in [5.74, 6) is -0.310. The molecule has 0 spiro atoms. The van der Waals surface area contributed by atoms with Crippen LogP contribution >= 0.6 is 0 Å². The summed E-state index contributed by atoms with van der Waals surface area (Å²) in [6, 6.07) is 15.1. The van der Waals surface area contributed by atoms with Gasteiger partial charge in [-0.1, -0.05) is 30.3 Å². The highest BCUT2D eigenvalue weighted by atomic mass is 16.5. The van der Waals surface area contributed by atoms with Gasteiger partial charge in [-0.05, 0) is 37.0 Å². The molecule has 0 saturated heterocycles. The van der Waals surface area contributed by atoms with Crippen molar-refractivity contribution >= 4 is 22.8 Å². The van der Waals surface area contributed by atoms with Gasteiger partial charge in [0.05, 0.1) is 7.11 Å². The van der Waals surface area contributed by atoms with E-state index in [1.807, 2.05) is 30.3 Å². The number of fused-ring (bicyclic) bond motifs is 1. The third-order valence-corrected chi connectivity index (χ3v) is 4.54. The number of methoxy groups -OCH3 is 1. The van der Waals surface area contributed by atoms with Gasteiger partial charge in [0.2, 0.25) is 11.7 Å². The third kappa shape index (κ3) is 4.73. The number of primary amides is 1. The number of amides is 1. The maximum absolute atomic E-state index is 13.0. The fourth-order valence-electron chi connectivity index (χ4n) is 3.02. The van der Waals surface area contributed by atoms with Crippen molar-refractivity contribution in [3.05, 3.63) is 60.0 Å². The van der Waals surface area contributed by atoms with Gasteiger partial charge in [0.1, 0.15) is 11.3 Å². The van der Waals surface area contributed by atoms with Crippen LogP contribution in [0.3, 0.4) is 0 Å². The molecule has 0 aliphatic heterocycles. The zero-order chi connectivity index (χ0) is 19.2. The second-order valence-corrected chi connectivity index (χ2v) is 6.44. The number of hydrogen-bond acceptors (Lipinski definition) is 5. The number of carbonyl (C=O) groups is 2. The lowest BCUT2D eigenvalue weighted by molar-refractivity contribution is -0.118. The van der Waals surface area contributed by atoms with Crippen molar-refractivity contribution in [1.82, 2.24) is 4.98 Å². The van der Waals surface area contributed by atoms with E-state index in [0.29, 0.717) is 29.7 Å². The number of aromatic nitrogens is 1. The number of rotatable bonds is 9. The molecule has 1 amide bonds. The van der Waals surface area contributed by atoms with Crippen LogP contribution in [0.25, 0.3) is 11.1 Å². The molecule has 3 rings (SSSR count). The Balaban J connectivity index is 1.79. The first-order valence-electron chi connectivity index (χ1n) is 8.88. The predicted molar refractivity (Wildman–Crippen MR) is 102 cm³/mol. The van der Waals surface area contributed by atoms with Gasteiger partial charge in [0.15, 0.2) is 5.58 Å². The van der Waals surface area contributed by atoms with E-state index in [2.05, 4.69) is 4.98 Å². The Morgan fingerprint density at radius 2 is 1.93 bits per heavy atom. The quantitative estimate of drug-likeness (QED) is 0.585. The second kappa shape index (κ2) is 8.49. The lowest BCUT2D eigenvalue weighted by atomic mass is 9.91. The molecule has 6 heteroatoms. The topological polar surface area (TPSA) is 95.4 Å². The fraction of sp³-hybridized carbons (Fsp3) is 0.286. The first kappa shape index (κ1) is 18.6. The van der Waals surface area contributed by atoms with Crippen molar-refractivity contribution in [2.75, 3.05) is 7.11 Å². The largest absolute Gasteiger partial charge is 0.497 e. The molecule has 3 aromatic rings. The van der Waals surface area contributed by atoms with Crippen LogP contribution in [-0.2, 0) is 11.2 Å². The molecule has 0 fully saturated rings. The average molecular weight is 366 g/mol. The van der Waals surface area contributed by atoms with Crippen LogP contribution in [0.4, 0.5) is 0 Å². The number of benzene rings is 2. The van der Waals surface area contributed by atoms with Crippen LogP contribution in [0.5, 0.6) is 5.75 Å². The summed E-state index contributed by atoms with van der Waals surface area (Å²) in [6.45, 7) is 0. The molecule has 1 atom stereocenters. The van der Waals surface area contributed by atoms with Gasteiger partial charge in [0.25, 0.3) is 5.89 Å². The summed E-state index contributed by atoms with van der Waals surface area (Å²) in [7, 11) is 1.57. The van der Waals surface area contributed by atoms with Crippen molar-refractivity contribution in [3.8, 4) is 5.75 Å². The molecule has 2 N–H and O–H groups in total. The maximum Gasteiger partial charge on any atom is 0.264 e. The normalized spacial score (nSPS) is 12.0. The maximum atomic E-state index is 13.0.